The Balaban J connectivity index is 1.74. The monoisotopic (exact) mass is 365 g/mol. The molecule has 2 heterocycles. The average molecular weight is 365 g/mol. The fraction of sp³-hybridized carbons (Fsp3) is 0.500. The molecule has 0 bridgehead atoms. The van der Waals surface area contributed by atoms with E-state index < -0.39 is 29.6 Å². The van der Waals surface area contributed by atoms with E-state index in [1.807, 2.05) is 13.8 Å². The van der Waals surface area contributed by atoms with Gasteiger partial charge in [-0.15, -0.1) is 0 Å². The van der Waals surface area contributed by atoms with Gasteiger partial charge in [0, 0.05) is 24.7 Å². The summed E-state index contributed by atoms with van der Waals surface area (Å²) in [4.78, 5) is 40.4. The lowest BCUT2D eigenvalue weighted by atomic mass is 9.97. The first-order valence-electron chi connectivity index (χ1n) is 8.62. The van der Waals surface area contributed by atoms with Crippen molar-refractivity contribution in [2.45, 2.75) is 32.4 Å². The fourth-order valence-electron chi connectivity index (χ4n) is 3.48. The molecule has 1 aromatic carbocycles. The highest BCUT2D eigenvalue weighted by molar-refractivity contribution is 5.99. The summed E-state index contributed by atoms with van der Waals surface area (Å²) in [7, 11) is 0. The Morgan fingerprint density at radius 1 is 1.19 bits per heavy atom. The van der Waals surface area contributed by atoms with Crippen LogP contribution < -0.4 is 5.32 Å². The van der Waals surface area contributed by atoms with Crippen molar-refractivity contribution in [3.8, 4) is 0 Å². The van der Waals surface area contributed by atoms with E-state index in [9.17, 15) is 23.2 Å². The number of benzene rings is 1. The summed E-state index contributed by atoms with van der Waals surface area (Å²) in [5.41, 5.74) is -0.115. The second-order valence-electron chi connectivity index (χ2n) is 7.15. The van der Waals surface area contributed by atoms with Crippen molar-refractivity contribution in [1.82, 2.24) is 15.1 Å². The summed E-state index contributed by atoms with van der Waals surface area (Å²) in [5, 5.41) is 2.73. The fourth-order valence-corrected chi connectivity index (χ4v) is 3.48. The van der Waals surface area contributed by atoms with Crippen LogP contribution >= 0.6 is 0 Å². The quantitative estimate of drug-likeness (QED) is 0.874. The lowest BCUT2D eigenvalue weighted by Gasteiger charge is -2.45. The van der Waals surface area contributed by atoms with E-state index in [1.54, 1.807) is 0 Å². The standard InChI is InChI=1S/C18H21F2N3O3/c1-10(2)5-14-18(26)23-4-3-22(9-15(23)16(24)21-14)17(25)11-6-12(19)8-13(20)7-11/h6-8,10,14-15H,3-5,9H2,1-2H3,(H,21,24)/t14-,15+/m0/s1. The van der Waals surface area contributed by atoms with Gasteiger partial charge in [0.15, 0.2) is 0 Å². The van der Waals surface area contributed by atoms with Crippen molar-refractivity contribution in [2.24, 2.45) is 5.92 Å². The molecule has 1 aromatic rings. The predicted molar refractivity (Wildman–Crippen MR) is 89.1 cm³/mol. The molecule has 1 N–H and O–H groups in total. The molecular formula is C18H21F2N3O3. The molecule has 0 aromatic heterocycles. The molecule has 2 atom stereocenters. The smallest absolute Gasteiger partial charge is 0.254 e. The van der Waals surface area contributed by atoms with Gasteiger partial charge in [-0.25, -0.2) is 8.78 Å². The van der Waals surface area contributed by atoms with E-state index in [-0.39, 0.29) is 42.9 Å². The molecule has 3 rings (SSSR count). The second kappa shape index (κ2) is 7.01. The van der Waals surface area contributed by atoms with Crippen LogP contribution in [0.25, 0.3) is 0 Å². The zero-order valence-corrected chi connectivity index (χ0v) is 14.7. The van der Waals surface area contributed by atoms with Gasteiger partial charge in [-0.05, 0) is 24.5 Å². The van der Waals surface area contributed by atoms with Gasteiger partial charge in [0.1, 0.15) is 23.7 Å². The summed E-state index contributed by atoms with van der Waals surface area (Å²) < 4.78 is 26.7. The highest BCUT2D eigenvalue weighted by Gasteiger charge is 2.44. The zero-order chi connectivity index (χ0) is 19.0. The highest BCUT2D eigenvalue weighted by Crippen LogP contribution is 2.21. The summed E-state index contributed by atoms with van der Waals surface area (Å²) in [6.45, 7) is 4.37. The molecule has 2 aliphatic rings. The number of rotatable bonds is 3. The largest absolute Gasteiger partial charge is 0.342 e. The lowest BCUT2D eigenvalue weighted by molar-refractivity contribution is -0.152. The summed E-state index contributed by atoms with van der Waals surface area (Å²) in [5.74, 6) is -2.44. The van der Waals surface area contributed by atoms with Gasteiger partial charge >= 0.3 is 0 Å². The molecule has 0 spiro atoms. The van der Waals surface area contributed by atoms with E-state index in [2.05, 4.69) is 5.32 Å². The van der Waals surface area contributed by atoms with E-state index in [0.29, 0.717) is 12.5 Å². The maximum atomic E-state index is 13.4. The van der Waals surface area contributed by atoms with Crippen molar-refractivity contribution < 1.29 is 23.2 Å². The van der Waals surface area contributed by atoms with Crippen LogP contribution in [0.1, 0.15) is 30.6 Å². The van der Waals surface area contributed by atoms with Crippen LogP contribution in [-0.4, -0.2) is 59.2 Å². The molecule has 6 nitrogen and oxygen atoms in total. The molecule has 0 saturated carbocycles. The van der Waals surface area contributed by atoms with Crippen molar-refractivity contribution in [1.29, 1.82) is 0 Å². The molecule has 2 saturated heterocycles. The van der Waals surface area contributed by atoms with Crippen LogP contribution in [-0.2, 0) is 9.59 Å². The average Bonchev–Trinajstić information content (AvgIpc) is 2.57. The zero-order valence-electron chi connectivity index (χ0n) is 14.7. The Bertz CT molecular complexity index is 733. The van der Waals surface area contributed by atoms with Crippen LogP contribution in [0.2, 0.25) is 0 Å². The number of carbonyl (C=O) groups excluding carboxylic acids is 3. The van der Waals surface area contributed by atoms with Crippen molar-refractivity contribution in [3.63, 3.8) is 0 Å². The topological polar surface area (TPSA) is 69.7 Å². The van der Waals surface area contributed by atoms with Crippen LogP contribution in [0.5, 0.6) is 0 Å². The molecule has 8 heteroatoms. The number of fused-ring (bicyclic) bond motifs is 1. The van der Waals surface area contributed by atoms with Crippen LogP contribution in [0.3, 0.4) is 0 Å². The number of nitrogens with zero attached hydrogens (tertiary/aromatic N) is 2. The van der Waals surface area contributed by atoms with Crippen molar-refractivity contribution >= 4 is 17.7 Å². The molecule has 3 amide bonds. The number of hydrogen-bond donors (Lipinski definition) is 1. The third kappa shape index (κ3) is 3.54. The Morgan fingerprint density at radius 3 is 2.46 bits per heavy atom. The molecule has 2 aliphatic heterocycles. The molecule has 0 radical (unpaired) electrons. The minimum atomic E-state index is -0.839. The molecule has 140 valence electrons. The van der Waals surface area contributed by atoms with Gasteiger partial charge in [-0.3, -0.25) is 14.4 Å². The van der Waals surface area contributed by atoms with Crippen LogP contribution in [0, 0.1) is 17.6 Å². The van der Waals surface area contributed by atoms with Gasteiger partial charge < -0.3 is 15.1 Å². The van der Waals surface area contributed by atoms with Crippen molar-refractivity contribution in [3.05, 3.63) is 35.4 Å². The Labute approximate surface area is 150 Å². The van der Waals surface area contributed by atoms with Gasteiger partial charge in [0.25, 0.3) is 5.91 Å². The van der Waals surface area contributed by atoms with Gasteiger partial charge in [0.05, 0.1) is 6.54 Å². The Hall–Kier alpha value is -2.51. The van der Waals surface area contributed by atoms with Gasteiger partial charge in [-0.1, -0.05) is 13.8 Å². The minimum Gasteiger partial charge on any atom is -0.342 e. The number of hydrogen-bond acceptors (Lipinski definition) is 3. The van der Waals surface area contributed by atoms with Crippen molar-refractivity contribution in [2.75, 3.05) is 19.6 Å². The van der Waals surface area contributed by atoms with E-state index in [0.717, 1.165) is 12.1 Å². The number of halogens is 2. The first-order chi connectivity index (χ1) is 12.3. The SMILES string of the molecule is CC(C)C[C@@H]1NC(=O)[C@H]2CN(C(=O)c3cc(F)cc(F)c3)CCN2C1=O. The van der Waals surface area contributed by atoms with Gasteiger partial charge in [-0.2, -0.15) is 0 Å². The normalized spacial score (nSPS) is 23.1. The minimum absolute atomic E-state index is 0.00291. The predicted octanol–water partition coefficient (Wildman–Crippen LogP) is 1.16. The number of amides is 3. The first kappa shape index (κ1) is 18.3. The summed E-state index contributed by atoms with van der Waals surface area (Å²) >= 11 is 0. The molecular weight excluding hydrogens is 344 g/mol. The third-order valence-corrected chi connectivity index (χ3v) is 4.68. The molecule has 26 heavy (non-hydrogen) atoms. The maximum absolute atomic E-state index is 13.4. The third-order valence-electron chi connectivity index (χ3n) is 4.68. The molecule has 0 aliphatic carbocycles. The second-order valence-corrected chi connectivity index (χ2v) is 7.15. The summed E-state index contributed by atoms with van der Waals surface area (Å²) in [6, 6.07) is 1.29. The number of nitrogens with one attached hydrogen (secondary N) is 1. The number of piperazine rings is 2. The van der Waals surface area contributed by atoms with E-state index in [1.165, 1.54) is 9.80 Å². The Morgan fingerprint density at radius 2 is 1.85 bits per heavy atom. The van der Waals surface area contributed by atoms with E-state index >= 15 is 0 Å². The maximum Gasteiger partial charge on any atom is 0.254 e. The Kier molecular flexibility index (Phi) is 4.93. The number of carbonyl (C=O) groups is 3. The van der Waals surface area contributed by atoms with Crippen LogP contribution in [0.15, 0.2) is 18.2 Å². The van der Waals surface area contributed by atoms with E-state index in [4.69, 9.17) is 0 Å². The first-order valence-corrected chi connectivity index (χ1v) is 8.62. The lowest BCUT2D eigenvalue weighted by Crippen LogP contribution is -2.69. The molecule has 0 unspecified atom stereocenters. The van der Waals surface area contributed by atoms with Gasteiger partial charge in [0.2, 0.25) is 11.8 Å². The molecule has 2 fully saturated rings. The summed E-state index contributed by atoms with van der Waals surface area (Å²) in [6.07, 6.45) is 0.555. The highest BCUT2D eigenvalue weighted by atomic mass is 19.1. The van der Waals surface area contributed by atoms with Crippen LogP contribution in [0.4, 0.5) is 8.78 Å².